The lowest BCUT2D eigenvalue weighted by Crippen LogP contribution is -2.30. The Balaban J connectivity index is 4.29. The fourth-order valence-electron chi connectivity index (χ4n) is 8.53. The molecule has 0 aromatic rings. The van der Waals surface area contributed by atoms with Gasteiger partial charge in [-0.2, -0.15) is 0 Å². The van der Waals surface area contributed by atoms with E-state index in [2.05, 4.69) is 130 Å². The summed E-state index contributed by atoms with van der Waals surface area (Å²) in [5.74, 6) is -0.911. The molecule has 0 aromatic carbocycles. The van der Waals surface area contributed by atoms with Crippen molar-refractivity contribution in [3.63, 3.8) is 0 Å². The first-order valence-electron chi connectivity index (χ1n) is 31.4. The lowest BCUT2D eigenvalue weighted by Gasteiger charge is -2.18. The average molecular weight is 1040 g/mol. The maximum absolute atomic E-state index is 12.9. The van der Waals surface area contributed by atoms with E-state index in [1.54, 1.807) is 0 Å². The van der Waals surface area contributed by atoms with Crippen molar-refractivity contribution in [2.75, 3.05) is 13.2 Å². The number of allylic oxidation sites excluding steroid dienone is 18. The minimum atomic E-state index is -0.792. The van der Waals surface area contributed by atoms with Gasteiger partial charge < -0.3 is 14.2 Å². The second-order valence-electron chi connectivity index (χ2n) is 20.6. The molecule has 0 aliphatic carbocycles. The molecule has 0 aromatic heterocycles. The number of carbonyl (C=O) groups is 3. The highest BCUT2D eigenvalue weighted by atomic mass is 16.6. The van der Waals surface area contributed by atoms with Gasteiger partial charge in [0.2, 0.25) is 0 Å². The molecule has 0 aliphatic rings. The summed E-state index contributed by atoms with van der Waals surface area (Å²) in [6.45, 7) is 6.47. The summed E-state index contributed by atoms with van der Waals surface area (Å²) < 4.78 is 16.9. The van der Waals surface area contributed by atoms with Crippen molar-refractivity contribution in [3.8, 4) is 0 Å². The van der Waals surface area contributed by atoms with Crippen molar-refractivity contribution in [3.05, 3.63) is 109 Å². The summed E-state index contributed by atoms with van der Waals surface area (Å²) in [7, 11) is 0. The van der Waals surface area contributed by atoms with Crippen molar-refractivity contribution < 1.29 is 28.6 Å². The number of unbranched alkanes of at least 4 members (excludes halogenated alkanes) is 27. The van der Waals surface area contributed by atoms with Gasteiger partial charge in [0.1, 0.15) is 13.2 Å². The van der Waals surface area contributed by atoms with Gasteiger partial charge in [-0.1, -0.05) is 252 Å². The third-order valence-electron chi connectivity index (χ3n) is 13.2. The van der Waals surface area contributed by atoms with E-state index >= 15 is 0 Å². The number of rotatable bonds is 56. The zero-order chi connectivity index (χ0) is 54.3. The Morgan fingerprint density at radius 2 is 0.520 bits per heavy atom. The Morgan fingerprint density at radius 3 is 0.853 bits per heavy atom. The first-order valence-corrected chi connectivity index (χ1v) is 31.4. The van der Waals surface area contributed by atoms with E-state index in [0.717, 1.165) is 128 Å². The predicted molar refractivity (Wildman–Crippen MR) is 325 cm³/mol. The summed E-state index contributed by atoms with van der Waals surface area (Å²) in [5, 5.41) is 0. The molecular formula is C69H116O6. The normalized spacial score (nSPS) is 12.8. The lowest BCUT2D eigenvalue weighted by molar-refractivity contribution is -0.167. The number of esters is 3. The van der Waals surface area contributed by atoms with Gasteiger partial charge in [0.15, 0.2) is 6.10 Å². The summed E-state index contributed by atoms with van der Waals surface area (Å²) in [4.78, 5) is 38.2. The van der Waals surface area contributed by atoms with Crippen molar-refractivity contribution in [1.82, 2.24) is 0 Å². The molecule has 0 N–H and O–H groups in total. The van der Waals surface area contributed by atoms with Gasteiger partial charge in [0.05, 0.1) is 0 Å². The second-order valence-corrected chi connectivity index (χ2v) is 20.6. The van der Waals surface area contributed by atoms with Gasteiger partial charge in [-0.15, -0.1) is 0 Å². The largest absolute Gasteiger partial charge is 0.462 e. The highest BCUT2D eigenvalue weighted by Crippen LogP contribution is 2.15. The zero-order valence-corrected chi connectivity index (χ0v) is 49.0. The Morgan fingerprint density at radius 1 is 0.280 bits per heavy atom. The van der Waals surface area contributed by atoms with Crippen LogP contribution >= 0.6 is 0 Å². The Labute approximate surface area is 463 Å². The number of ether oxygens (including phenoxy) is 3. The van der Waals surface area contributed by atoms with Gasteiger partial charge in [0, 0.05) is 19.3 Å². The Hall–Kier alpha value is -3.93. The molecule has 0 heterocycles. The van der Waals surface area contributed by atoms with Crippen LogP contribution in [0.1, 0.15) is 290 Å². The van der Waals surface area contributed by atoms with Gasteiger partial charge in [-0.3, -0.25) is 14.4 Å². The van der Waals surface area contributed by atoms with Crippen LogP contribution < -0.4 is 0 Å². The van der Waals surface area contributed by atoms with Gasteiger partial charge in [-0.25, -0.2) is 0 Å². The smallest absolute Gasteiger partial charge is 0.306 e. The average Bonchev–Trinajstić information content (AvgIpc) is 3.41. The number of hydrogen-bond acceptors (Lipinski definition) is 6. The lowest BCUT2D eigenvalue weighted by atomic mass is 10.1. The van der Waals surface area contributed by atoms with Crippen molar-refractivity contribution in [2.45, 2.75) is 297 Å². The van der Waals surface area contributed by atoms with E-state index in [1.807, 2.05) is 0 Å². The SMILES string of the molecule is CC/C=C\C/C=C\C/C=C\C/C=C\C/C=C\C/C=C\CCCCCCCCCCCCC(=O)OCC(COC(=O)CCCCCCC/C=C\CCCCCC)OC(=O)CCCCCCC/C=C\C/C=C\CCCCC. The highest BCUT2D eigenvalue weighted by Gasteiger charge is 2.19. The van der Waals surface area contributed by atoms with Gasteiger partial charge >= 0.3 is 17.9 Å². The molecule has 0 bridgehead atoms. The van der Waals surface area contributed by atoms with E-state index < -0.39 is 6.10 Å². The minimum absolute atomic E-state index is 0.0887. The number of carbonyl (C=O) groups excluding carboxylic acids is 3. The molecule has 1 unspecified atom stereocenters. The number of hydrogen-bond donors (Lipinski definition) is 0. The molecule has 6 heteroatoms. The molecule has 0 rings (SSSR count). The Kier molecular flexibility index (Phi) is 59.3. The van der Waals surface area contributed by atoms with Crippen molar-refractivity contribution in [1.29, 1.82) is 0 Å². The molecule has 0 saturated carbocycles. The van der Waals surface area contributed by atoms with Crippen LogP contribution in [0.5, 0.6) is 0 Å². The molecule has 6 nitrogen and oxygen atoms in total. The summed E-state index contributed by atoms with van der Waals surface area (Å²) >= 11 is 0. The van der Waals surface area contributed by atoms with E-state index in [0.29, 0.717) is 19.3 Å². The van der Waals surface area contributed by atoms with Crippen LogP contribution in [-0.2, 0) is 28.6 Å². The van der Waals surface area contributed by atoms with Crippen LogP contribution in [0.15, 0.2) is 109 Å². The maximum Gasteiger partial charge on any atom is 0.306 e. The molecular weight excluding hydrogens is 925 g/mol. The molecule has 1 atom stereocenters. The van der Waals surface area contributed by atoms with Crippen LogP contribution in [0.3, 0.4) is 0 Å². The molecule has 0 fully saturated rings. The molecule has 0 saturated heterocycles. The third-order valence-corrected chi connectivity index (χ3v) is 13.2. The van der Waals surface area contributed by atoms with Crippen LogP contribution in [0.4, 0.5) is 0 Å². The van der Waals surface area contributed by atoms with E-state index in [4.69, 9.17) is 14.2 Å². The zero-order valence-electron chi connectivity index (χ0n) is 49.0. The van der Waals surface area contributed by atoms with Crippen LogP contribution in [0, 0.1) is 0 Å². The molecule has 0 spiro atoms. The standard InChI is InChI=1S/C69H116O6/c1-4-7-10-13-16-19-22-25-27-28-29-30-31-32-33-34-35-36-37-38-39-40-42-44-47-50-53-56-59-62-68(71)74-65-66(64-73-67(70)61-58-55-52-49-46-43-24-21-18-15-12-9-6-3)75-69(72)63-60-57-54-51-48-45-41-26-23-20-17-14-11-8-5-2/h7,10,16-17,19-21,24-27,29-30,32-33,35-36,41,66H,4-6,8-9,11-15,18,22-23,28,31,34,37-40,42-65H2,1-3H3/b10-7-,19-16-,20-17-,24-21-,27-25-,30-29-,33-32-,36-35-,41-26-. The predicted octanol–water partition coefficient (Wildman–Crippen LogP) is 21.4. The van der Waals surface area contributed by atoms with Crippen LogP contribution in [0.2, 0.25) is 0 Å². The monoisotopic (exact) mass is 1040 g/mol. The fraction of sp³-hybridized carbons (Fsp3) is 0.696. The van der Waals surface area contributed by atoms with Crippen molar-refractivity contribution >= 4 is 17.9 Å². The van der Waals surface area contributed by atoms with Gasteiger partial charge in [0.25, 0.3) is 0 Å². The topological polar surface area (TPSA) is 78.9 Å². The first-order chi connectivity index (χ1) is 37.0. The van der Waals surface area contributed by atoms with E-state index in [9.17, 15) is 14.4 Å². The van der Waals surface area contributed by atoms with E-state index in [-0.39, 0.29) is 31.1 Å². The minimum Gasteiger partial charge on any atom is -0.462 e. The van der Waals surface area contributed by atoms with E-state index in [1.165, 1.54) is 122 Å². The fourth-order valence-corrected chi connectivity index (χ4v) is 8.53. The molecule has 0 aliphatic heterocycles. The first kappa shape index (κ1) is 71.1. The van der Waals surface area contributed by atoms with Crippen molar-refractivity contribution in [2.24, 2.45) is 0 Å². The molecule has 0 radical (unpaired) electrons. The van der Waals surface area contributed by atoms with Crippen LogP contribution in [-0.4, -0.2) is 37.2 Å². The quantitative estimate of drug-likeness (QED) is 0.0261. The highest BCUT2D eigenvalue weighted by molar-refractivity contribution is 5.71. The summed E-state index contributed by atoms with van der Waals surface area (Å²) in [6.07, 6.45) is 85.2. The molecule has 428 valence electrons. The third kappa shape index (κ3) is 60.8. The summed E-state index contributed by atoms with van der Waals surface area (Å²) in [6, 6.07) is 0. The van der Waals surface area contributed by atoms with Crippen LogP contribution in [0.25, 0.3) is 0 Å². The van der Waals surface area contributed by atoms with Gasteiger partial charge in [-0.05, 0) is 128 Å². The second kappa shape index (κ2) is 62.6. The summed E-state index contributed by atoms with van der Waals surface area (Å²) in [5.41, 5.74) is 0. The molecule has 0 amide bonds. The Bertz CT molecular complexity index is 1520. The molecule has 75 heavy (non-hydrogen) atoms. The maximum atomic E-state index is 12.9.